The summed E-state index contributed by atoms with van der Waals surface area (Å²) in [5.41, 5.74) is 2.90. The smallest absolute Gasteiger partial charge is 0.323 e. The molecule has 2 atom stereocenters. The third kappa shape index (κ3) is 3.29. The Morgan fingerprint density at radius 1 is 1.15 bits per heavy atom. The fraction of sp³-hybridized carbons (Fsp3) is 0.450. The number of aryl methyl sites for hydroxylation is 2. The van der Waals surface area contributed by atoms with Crippen LogP contribution in [0.25, 0.3) is 5.69 Å². The van der Waals surface area contributed by atoms with Crippen molar-refractivity contribution in [1.29, 1.82) is 0 Å². The van der Waals surface area contributed by atoms with E-state index < -0.39 is 0 Å². The zero-order valence-corrected chi connectivity index (χ0v) is 16.0. The minimum atomic E-state index is -0.178. The van der Waals surface area contributed by atoms with Gasteiger partial charge in [0.15, 0.2) is 0 Å². The number of hydrogen-bond acceptors (Lipinski definition) is 3. The van der Waals surface area contributed by atoms with E-state index in [9.17, 15) is 9.59 Å². The van der Waals surface area contributed by atoms with Gasteiger partial charge in [-0.25, -0.2) is 9.48 Å². The van der Waals surface area contributed by atoms with Gasteiger partial charge in [0.25, 0.3) is 0 Å². The Morgan fingerprint density at radius 3 is 2.63 bits per heavy atom. The Hall–Kier alpha value is -2.83. The van der Waals surface area contributed by atoms with Crippen LogP contribution in [0.5, 0.6) is 0 Å². The lowest BCUT2D eigenvalue weighted by atomic mass is 9.95. The zero-order valence-electron chi connectivity index (χ0n) is 16.0. The molecule has 142 valence electrons. The Morgan fingerprint density at radius 2 is 1.89 bits per heavy atom. The number of rotatable bonds is 2. The topological polar surface area (TPSA) is 70.5 Å². The van der Waals surface area contributed by atoms with Gasteiger partial charge in [0.2, 0.25) is 5.91 Å². The first-order valence-corrected chi connectivity index (χ1v) is 9.38. The average Bonchev–Trinajstić information content (AvgIpc) is 2.82. The Balaban J connectivity index is 1.55. The molecular formula is C20H25N5O2. The van der Waals surface area contributed by atoms with Crippen molar-refractivity contribution in [2.24, 2.45) is 5.92 Å². The summed E-state index contributed by atoms with van der Waals surface area (Å²) < 4.78 is 1.75. The summed E-state index contributed by atoms with van der Waals surface area (Å²) >= 11 is 0. The van der Waals surface area contributed by atoms with Gasteiger partial charge in [-0.2, -0.15) is 5.10 Å². The lowest BCUT2D eigenvalue weighted by molar-refractivity contribution is -0.138. The number of aromatic nitrogens is 2. The summed E-state index contributed by atoms with van der Waals surface area (Å²) in [6, 6.07) is 9.79. The van der Waals surface area contributed by atoms with Crippen molar-refractivity contribution in [2.45, 2.75) is 32.7 Å². The second kappa shape index (κ2) is 6.72. The van der Waals surface area contributed by atoms with Gasteiger partial charge >= 0.3 is 6.03 Å². The average molecular weight is 367 g/mol. The number of amides is 3. The highest BCUT2D eigenvalue weighted by molar-refractivity contribution is 5.90. The number of hydrogen-bond donors (Lipinski definition) is 1. The van der Waals surface area contributed by atoms with Gasteiger partial charge < -0.3 is 9.80 Å². The largest absolute Gasteiger partial charge is 0.341 e. The molecule has 0 spiro atoms. The first-order chi connectivity index (χ1) is 12.9. The van der Waals surface area contributed by atoms with Crippen molar-refractivity contribution in [3.8, 4) is 5.69 Å². The van der Waals surface area contributed by atoms with Gasteiger partial charge in [-0.1, -0.05) is 17.7 Å². The van der Waals surface area contributed by atoms with E-state index in [1.165, 1.54) is 5.56 Å². The summed E-state index contributed by atoms with van der Waals surface area (Å²) in [6.45, 7) is 4.98. The highest BCUT2D eigenvalue weighted by Crippen LogP contribution is 2.28. The normalized spacial score (nSPS) is 22.1. The highest BCUT2D eigenvalue weighted by Gasteiger charge is 2.40. The van der Waals surface area contributed by atoms with Crippen LogP contribution in [-0.4, -0.2) is 57.7 Å². The molecule has 2 bridgehead atoms. The van der Waals surface area contributed by atoms with Crippen LogP contribution in [0.1, 0.15) is 24.1 Å². The van der Waals surface area contributed by atoms with Crippen molar-refractivity contribution in [3.63, 3.8) is 0 Å². The van der Waals surface area contributed by atoms with E-state index in [1.54, 1.807) is 9.58 Å². The van der Waals surface area contributed by atoms with E-state index in [1.807, 2.05) is 56.1 Å². The molecule has 7 nitrogen and oxygen atoms in total. The summed E-state index contributed by atoms with van der Waals surface area (Å²) in [6.07, 6.45) is 1.81. The fourth-order valence-electron chi connectivity index (χ4n) is 3.98. The molecule has 1 N–H and O–H groups in total. The standard InChI is InChI=1S/C20H25N5O2/c1-13-4-7-16(8-5-13)25-18(10-14(2)22-25)21-20(27)24-11-15-6-9-17(12-24)23(3)19(15)26/h4-5,7-8,10,15,17H,6,9,11-12H2,1-3H3,(H,21,27)/t15-,17+/m1/s1. The van der Waals surface area contributed by atoms with Crippen molar-refractivity contribution >= 4 is 17.8 Å². The Bertz CT molecular complexity index is 873. The van der Waals surface area contributed by atoms with Crippen LogP contribution >= 0.6 is 0 Å². The number of fused-ring (bicyclic) bond motifs is 4. The van der Waals surface area contributed by atoms with E-state index in [0.717, 1.165) is 24.2 Å². The van der Waals surface area contributed by atoms with Crippen LogP contribution in [-0.2, 0) is 4.79 Å². The van der Waals surface area contributed by atoms with Crippen molar-refractivity contribution in [3.05, 3.63) is 41.6 Å². The molecule has 5 rings (SSSR count). The first kappa shape index (κ1) is 17.6. The van der Waals surface area contributed by atoms with Gasteiger partial charge in [-0.15, -0.1) is 0 Å². The van der Waals surface area contributed by atoms with E-state index in [4.69, 9.17) is 0 Å². The number of benzene rings is 1. The minimum Gasteiger partial charge on any atom is -0.341 e. The van der Waals surface area contributed by atoms with Gasteiger partial charge in [0.1, 0.15) is 5.82 Å². The molecule has 0 saturated carbocycles. The number of urea groups is 1. The maximum Gasteiger partial charge on any atom is 0.323 e. The molecule has 0 unspecified atom stereocenters. The molecule has 27 heavy (non-hydrogen) atoms. The lowest BCUT2D eigenvalue weighted by Gasteiger charge is -2.32. The third-order valence-corrected chi connectivity index (χ3v) is 5.60. The Labute approximate surface area is 158 Å². The molecular weight excluding hydrogens is 342 g/mol. The number of likely N-dealkylation sites (N-methyl/N-ethyl adjacent to an activating group) is 1. The van der Waals surface area contributed by atoms with Crippen LogP contribution in [0.4, 0.5) is 10.6 Å². The van der Waals surface area contributed by atoms with E-state index in [0.29, 0.717) is 18.9 Å². The van der Waals surface area contributed by atoms with E-state index in [-0.39, 0.29) is 23.9 Å². The van der Waals surface area contributed by atoms with Gasteiger partial charge in [0.05, 0.1) is 17.3 Å². The van der Waals surface area contributed by atoms with E-state index in [2.05, 4.69) is 10.4 Å². The molecule has 3 aliphatic heterocycles. The number of nitrogens with one attached hydrogen (secondary N) is 1. The number of carbonyl (C=O) groups excluding carboxylic acids is 2. The quantitative estimate of drug-likeness (QED) is 0.887. The number of nitrogens with zero attached hydrogens (tertiary/aromatic N) is 4. The molecule has 0 aliphatic carbocycles. The van der Waals surface area contributed by atoms with Gasteiger partial charge in [0, 0.05) is 32.2 Å². The molecule has 3 saturated heterocycles. The summed E-state index contributed by atoms with van der Waals surface area (Å²) in [4.78, 5) is 28.9. The molecule has 2 aromatic rings. The first-order valence-electron chi connectivity index (χ1n) is 9.38. The van der Waals surface area contributed by atoms with Crippen LogP contribution in [0.2, 0.25) is 0 Å². The lowest BCUT2D eigenvalue weighted by Crippen LogP contribution is -2.45. The van der Waals surface area contributed by atoms with Gasteiger partial charge in [-0.3, -0.25) is 10.1 Å². The maximum absolute atomic E-state index is 12.9. The van der Waals surface area contributed by atoms with Gasteiger partial charge in [-0.05, 0) is 38.8 Å². The molecule has 1 aromatic heterocycles. The zero-order chi connectivity index (χ0) is 19.1. The molecule has 7 heteroatoms. The van der Waals surface area contributed by atoms with Crippen LogP contribution in [0.3, 0.4) is 0 Å². The van der Waals surface area contributed by atoms with Crippen molar-refractivity contribution < 1.29 is 9.59 Å². The van der Waals surface area contributed by atoms with Crippen molar-refractivity contribution in [1.82, 2.24) is 19.6 Å². The highest BCUT2D eigenvalue weighted by atomic mass is 16.2. The van der Waals surface area contributed by atoms with E-state index >= 15 is 0 Å². The fourth-order valence-corrected chi connectivity index (χ4v) is 3.98. The predicted octanol–water partition coefficient (Wildman–Crippen LogP) is 2.57. The predicted molar refractivity (Wildman–Crippen MR) is 103 cm³/mol. The van der Waals surface area contributed by atoms with Crippen LogP contribution in [0.15, 0.2) is 30.3 Å². The summed E-state index contributed by atoms with van der Waals surface area (Å²) in [5, 5.41) is 7.51. The second-order valence-electron chi connectivity index (χ2n) is 7.63. The Kier molecular flexibility index (Phi) is 4.37. The number of piperidine rings is 1. The summed E-state index contributed by atoms with van der Waals surface area (Å²) in [7, 11) is 1.84. The maximum atomic E-state index is 12.9. The minimum absolute atomic E-state index is 0.0942. The van der Waals surface area contributed by atoms with Crippen LogP contribution in [0, 0.1) is 19.8 Å². The molecule has 0 radical (unpaired) electrons. The monoisotopic (exact) mass is 367 g/mol. The van der Waals surface area contributed by atoms with Crippen LogP contribution < -0.4 is 5.32 Å². The summed E-state index contributed by atoms with van der Waals surface area (Å²) in [5.74, 6) is 0.697. The SMILES string of the molecule is Cc1ccc(-n2nc(C)cc2NC(=O)N2C[C@H]3CC[C@@H](C2)N(C)C3=O)cc1. The third-order valence-electron chi connectivity index (χ3n) is 5.60. The molecule has 3 aliphatic rings. The number of anilines is 1. The second-order valence-corrected chi connectivity index (χ2v) is 7.63. The molecule has 1 aromatic carbocycles. The molecule has 4 heterocycles. The molecule has 3 fully saturated rings. The number of carbonyl (C=O) groups is 2. The molecule has 3 amide bonds. The van der Waals surface area contributed by atoms with Crippen molar-refractivity contribution in [2.75, 3.05) is 25.5 Å².